The first-order valence-corrected chi connectivity index (χ1v) is 13.6. The summed E-state index contributed by atoms with van der Waals surface area (Å²) < 4.78 is 25.4. The fourth-order valence-corrected chi connectivity index (χ4v) is 5.87. The Bertz CT molecular complexity index is 1410. The minimum absolute atomic E-state index is 0.287. The molecule has 5 nitrogen and oxygen atoms in total. The third kappa shape index (κ3) is 4.64. The highest BCUT2D eigenvalue weighted by Crippen LogP contribution is 2.42. The summed E-state index contributed by atoms with van der Waals surface area (Å²) in [5.41, 5.74) is 2.88. The minimum Gasteiger partial charge on any atom is -0.384 e. The highest BCUT2D eigenvalue weighted by Gasteiger charge is 2.30. The van der Waals surface area contributed by atoms with E-state index in [1.807, 2.05) is 35.0 Å². The number of aromatic nitrogens is 2. The Balaban J connectivity index is 1.86. The van der Waals surface area contributed by atoms with Gasteiger partial charge in [-0.3, -0.25) is 0 Å². The van der Waals surface area contributed by atoms with Crippen molar-refractivity contribution in [3.05, 3.63) is 76.9 Å². The number of nitrogens with zero attached hydrogens (tertiary/aromatic N) is 2. The van der Waals surface area contributed by atoms with Gasteiger partial charge in [-0.2, -0.15) is 5.10 Å². The Kier molecular flexibility index (Phi) is 6.26. The predicted molar refractivity (Wildman–Crippen MR) is 135 cm³/mol. The molecule has 8 heteroatoms. The Morgan fingerprint density at radius 1 is 1.03 bits per heavy atom. The average molecular weight is 501 g/mol. The van der Waals surface area contributed by atoms with E-state index in [9.17, 15) is 13.5 Å². The molecule has 0 unspecified atom stereocenters. The molecule has 0 fully saturated rings. The molecule has 2 heterocycles. The van der Waals surface area contributed by atoms with Gasteiger partial charge in [-0.25, -0.2) is 13.1 Å². The summed E-state index contributed by atoms with van der Waals surface area (Å²) in [7, 11) is -3.25. The molecule has 0 saturated carbocycles. The second-order valence-electron chi connectivity index (χ2n) is 8.42. The molecule has 4 aromatic rings. The van der Waals surface area contributed by atoms with Crippen molar-refractivity contribution in [1.82, 2.24) is 9.78 Å². The van der Waals surface area contributed by atoms with E-state index in [1.165, 1.54) is 17.6 Å². The zero-order valence-corrected chi connectivity index (χ0v) is 21.2. The van der Waals surface area contributed by atoms with Gasteiger partial charge in [0.05, 0.1) is 20.5 Å². The lowest BCUT2D eigenvalue weighted by atomic mass is 10.1. The molecule has 33 heavy (non-hydrogen) atoms. The zero-order chi connectivity index (χ0) is 24.0. The van der Waals surface area contributed by atoms with Gasteiger partial charge >= 0.3 is 0 Å². The fourth-order valence-electron chi connectivity index (χ4n) is 3.68. The van der Waals surface area contributed by atoms with Gasteiger partial charge in [0.2, 0.25) is 0 Å². The van der Waals surface area contributed by atoms with Gasteiger partial charge in [0.15, 0.2) is 9.84 Å². The maximum atomic E-state index is 11.8. The number of thiophene rings is 1. The van der Waals surface area contributed by atoms with Crippen molar-refractivity contribution in [2.75, 3.05) is 6.26 Å². The van der Waals surface area contributed by atoms with Crippen LogP contribution < -0.4 is 0 Å². The van der Waals surface area contributed by atoms with Crippen LogP contribution in [0.1, 0.15) is 32.0 Å². The number of benzene rings is 2. The van der Waals surface area contributed by atoms with Gasteiger partial charge in [-0.1, -0.05) is 48.9 Å². The molecule has 0 atom stereocenters. The van der Waals surface area contributed by atoms with Crippen molar-refractivity contribution in [1.29, 1.82) is 0 Å². The number of aliphatic hydroxyl groups is 1. The zero-order valence-electron chi connectivity index (χ0n) is 18.8. The van der Waals surface area contributed by atoms with Gasteiger partial charge < -0.3 is 5.11 Å². The minimum atomic E-state index is -3.25. The Morgan fingerprint density at radius 2 is 1.67 bits per heavy atom. The Morgan fingerprint density at radius 3 is 2.27 bits per heavy atom. The van der Waals surface area contributed by atoms with Crippen LogP contribution in [0.5, 0.6) is 0 Å². The molecule has 0 aliphatic rings. The summed E-state index contributed by atoms with van der Waals surface area (Å²) >= 11 is 8.35. The lowest BCUT2D eigenvalue weighted by Crippen LogP contribution is -2.17. The number of halogens is 1. The smallest absolute Gasteiger partial charge is 0.175 e. The molecule has 0 amide bonds. The van der Waals surface area contributed by atoms with Gasteiger partial charge in [0.25, 0.3) is 0 Å². The number of rotatable bonds is 6. The molecule has 0 aliphatic carbocycles. The predicted octanol–water partition coefficient (Wildman–Crippen LogP) is 6.11. The number of aryl methyl sites for hydroxylation is 1. The van der Waals surface area contributed by atoms with Crippen LogP contribution in [0.25, 0.3) is 26.7 Å². The molecule has 0 radical (unpaired) electrons. The van der Waals surface area contributed by atoms with Crippen LogP contribution in [-0.4, -0.2) is 29.6 Å². The third-order valence-electron chi connectivity index (χ3n) is 5.41. The molecule has 2 aromatic carbocycles. The van der Waals surface area contributed by atoms with Crippen LogP contribution in [0.4, 0.5) is 0 Å². The maximum absolute atomic E-state index is 11.8. The summed E-state index contributed by atoms with van der Waals surface area (Å²) in [6.07, 6.45) is 2.02. The summed E-state index contributed by atoms with van der Waals surface area (Å²) in [6.45, 7) is 5.43. The van der Waals surface area contributed by atoms with Crippen molar-refractivity contribution >= 4 is 32.8 Å². The van der Waals surface area contributed by atoms with E-state index >= 15 is 0 Å². The summed E-state index contributed by atoms with van der Waals surface area (Å²) in [5, 5.41) is 15.8. The van der Waals surface area contributed by atoms with Crippen LogP contribution in [-0.2, 0) is 21.9 Å². The molecule has 2 aromatic heterocycles. The monoisotopic (exact) mass is 500 g/mol. The molecule has 1 N–H and O–H groups in total. The van der Waals surface area contributed by atoms with Crippen LogP contribution in [0.2, 0.25) is 5.02 Å². The summed E-state index contributed by atoms with van der Waals surface area (Å²) in [4.78, 5) is 2.16. The second kappa shape index (κ2) is 8.72. The number of hydrogen-bond donors (Lipinski definition) is 1. The van der Waals surface area contributed by atoms with Gasteiger partial charge in [-0.05, 0) is 61.7 Å². The largest absolute Gasteiger partial charge is 0.384 e. The summed E-state index contributed by atoms with van der Waals surface area (Å²) in [5.74, 6) is 0. The quantitative estimate of drug-likeness (QED) is 0.346. The number of para-hydroxylation sites is 1. The number of sulfone groups is 1. The van der Waals surface area contributed by atoms with Gasteiger partial charge in [0, 0.05) is 11.1 Å². The fraction of sp³-hybridized carbons (Fsp3) is 0.240. The SMILES string of the molecule is CCc1ccccc1-n1nc(C(C)(C)O)c(Cl)c1-c1ccc(-c2ccc(S(C)(=O)=O)cc2)s1. The van der Waals surface area contributed by atoms with Crippen molar-refractivity contribution in [2.24, 2.45) is 0 Å². The molecule has 172 valence electrons. The van der Waals surface area contributed by atoms with Gasteiger partial charge in [-0.15, -0.1) is 11.3 Å². The van der Waals surface area contributed by atoms with Crippen LogP contribution >= 0.6 is 22.9 Å². The standard InChI is InChI=1S/C25H25ClN2O3S2/c1-5-16-8-6-7-9-19(16)28-23(22(26)24(27-28)25(2,3)29)21-15-14-20(32-21)17-10-12-18(13-11-17)33(4,30)31/h6-15,29H,5H2,1-4H3. The van der Waals surface area contributed by atoms with Crippen molar-refractivity contribution in [3.63, 3.8) is 0 Å². The van der Waals surface area contributed by atoms with E-state index < -0.39 is 15.4 Å². The second-order valence-corrected chi connectivity index (χ2v) is 11.9. The lowest BCUT2D eigenvalue weighted by molar-refractivity contribution is 0.0735. The first kappa shape index (κ1) is 23.7. The van der Waals surface area contributed by atoms with Crippen molar-refractivity contribution < 1.29 is 13.5 Å². The molecule has 0 aliphatic heterocycles. The van der Waals surface area contributed by atoms with Crippen LogP contribution in [0.15, 0.2) is 65.6 Å². The molecule has 0 spiro atoms. The maximum Gasteiger partial charge on any atom is 0.175 e. The molecule has 4 rings (SSSR count). The van der Waals surface area contributed by atoms with Crippen LogP contribution in [0.3, 0.4) is 0 Å². The van der Waals surface area contributed by atoms with E-state index in [1.54, 1.807) is 38.1 Å². The molecule has 0 bridgehead atoms. The first-order chi connectivity index (χ1) is 15.5. The van der Waals surface area contributed by atoms with Crippen molar-refractivity contribution in [2.45, 2.75) is 37.7 Å². The lowest BCUT2D eigenvalue weighted by Gasteiger charge is -2.14. The van der Waals surface area contributed by atoms with Crippen molar-refractivity contribution in [3.8, 4) is 26.7 Å². The van der Waals surface area contributed by atoms with Crippen LogP contribution in [0, 0.1) is 0 Å². The van der Waals surface area contributed by atoms with Gasteiger partial charge in [0.1, 0.15) is 17.0 Å². The normalized spacial score (nSPS) is 12.3. The Hall–Kier alpha value is -2.45. The average Bonchev–Trinajstić information content (AvgIpc) is 3.37. The highest BCUT2D eigenvalue weighted by molar-refractivity contribution is 7.90. The van der Waals surface area contributed by atoms with E-state index in [2.05, 4.69) is 13.0 Å². The third-order valence-corrected chi connectivity index (χ3v) is 8.04. The molecular weight excluding hydrogens is 476 g/mol. The van der Waals surface area contributed by atoms with E-state index in [0.29, 0.717) is 10.7 Å². The van der Waals surface area contributed by atoms with E-state index in [4.69, 9.17) is 16.7 Å². The topological polar surface area (TPSA) is 72.2 Å². The van der Waals surface area contributed by atoms with E-state index in [0.717, 1.165) is 38.7 Å². The molecule has 0 saturated heterocycles. The van der Waals surface area contributed by atoms with E-state index in [-0.39, 0.29) is 4.90 Å². The first-order valence-electron chi connectivity index (χ1n) is 10.5. The summed E-state index contributed by atoms with van der Waals surface area (Å²) in [6, 6.07) is 18.8. The molecular formula is C25H25ClN2O3S2. The number of hydrogen-bond acceptors (Lipinski definition) is 5. The highest BCUT2D eigenvalue weighted by atomic mass is 35.5. The Labute approximate surface area is 203 Å².